The predicted molar refractivity (Wildman–Crippen MR) is 111 cm³/mol. The smallest absolute Gasteiger partial charge is 0.266 e. The number of thiazole rings is 1. The summed E-state index contributed by atoms with van der Waals surface area (Å²) in [5, 5.41) is 9.33. The van der Waals surface area contributed by atoms with Crippen molar-refractivity contribution in [2.24, 2.45) is 0 Å². The van der Waals surface area contributed by atoms with E-state index in [-0.39, 0.29) is 22.1 Å². The van der Waals surface area contributed by atoms with Crippen LogP contribution in [0.15, 0.2) is 47.5 Å². The van der Waals surface area contributed by atoms with Gasteiger partial charge < -0.3 is 9.47 Å². The maximum Gasteiger partial charge on any atom is 0.266 e. The zero-order valence-electron chi connectivity index (χ0n) is 16.4. The van der Waals surface area contributed by atoms with E-state index in [1.54, 1.807) is 30.5 Å². The van der Waals surface area contributed by atoms with Crippen LogP contribution in [0.3, 0.4) is 0 Å². The van der Waals surface area contributed by atoms with Gasteiger partial charge in [0.1, 0.15) is 23.4 Å². The fourth-order valence-electron chi connectivity index (χ4n) is 2.73. The third kappa shape index (κ3) is 4.22. The van der Waals surface area contributed by atoms with Crippen molar-refractivity contribution in [1.29, 1.82) is 5.26 Å². The van der Waals surface area contributed by atoms with Crippen molar-refractivity contribution in [3.63, 3.8) is 0 Å². The third-order valence-electron chi connectivity index (χ3n) is 4.28. The Labute approximate surface area is 178 Å². The van der Waals surface area contributed by atoms with Crippen molar-refractivity contribution in [2.75, 3.05) is 18.5 Å². The first-order valence-electron chi connectivity index (χ1n) is 8.66. The summed E-state index contributed by atoms with van der Waals surface area (Å²) in [6.45, 7) is 1.73. The Morgan fingerprint density at radius 3 is 2.57 bits per heavy atom. The Hall–Kier alpha value is -3.16. The number of benzene rings is 2. The van der Waals surface area contributed by atoms with Gasteiger partial charge in [0.25, 0.3) is 10.0 Å². The standard InChI is InChI=1S/C20H18FN3O4S2/c1-13-11-23-20(29-13)24(12-14-4-5-16(27-2)9-19(14)28-3)30(25,26)17-6-7-18(21)15(8-17)10-22/h4-9,11H,12H2,1-3H3. The van der Waals surface area contributed by atoms with Gasteiger partial charge in [-0.2, -0.15) is 5.26 Å². The molecule has 10 heteroatoms. The molecule has 2 aromatic carbocycles. The van der Waals surface area contributed by atoms with Crippen LogP contribution in [0.4, 0.5) is 9.52 Å². The molecular weight excluding hydrogens is 429 g/mol. The molecular formula is C20H18FN3O4S2. The first-order valence-corrected chi connectivity index (χ1v) is 10.9. The molecule has 7 nitrogen and oxygen atoms in total. The zero-order chi connectivity index (χ0) is 21.9. The van der Waals surface area contributed by atoms with Crippen molar-refractivity contribution >= 4 is 26.5 Å². The van der Waals surface area contributed by atoms with E-state index in [0.29, 0.717) is 17.1 Å². The minimum atomic E-state index is -4.15. The molecule has 0 fully saturated rings. The topological polar surface area (TPSA) is 92.5 Å². The Balaban J connectivity index is 2.12. The molecule has 0 spiro atoms. The van der Waals surface area contributed by atoms with E-state index < -0.39 is 15.8 Å². The average molecular weight is 448 g/mol. The second-order valence-corrected chi connectivity index (χ2v) is 9.27. The highest BCUT2D eigenvalue weighted by atomic mass is 32.2. The largest absolute Gasteiger partial charge is 0.497 e. The van der Waals surface area contributed by atoms with Crippen LogP contribution in [0.2, 0.25) is 0 Å². The normalized spacial score (nSPS) is 11.0. The summed E-state index contributed by atoms with van der Waals surface area (Å²) in [5.41, 5.74) is 0.228. The van der Waals surface area contributed by atoms with E-state index >= 15 is 0 Å². The van der Waals surface area contributed by atoms with Crippen LogP contribution in [-0.2, 0) is 16.6 Å². The second-order valence-electron chi connectivity index (χ2n) is 6.20. The number of anilines is 1. The molecule has 1 aromatic heterocycles. The van der Waals surface area contributed by atoms with Gasteiger partial charge in [-0.05, 0) is 37.3 Å². The molecule has 3 rings (SSSR count). The van der Waals surface area contributed by atoms with Gasteiger partial charge in [0.15, 0.2) is 5.13 Å². The van der Waals surface area contributed by atoms with E-state index in [1.165, 1.54) is 25.6 Å². The maximum atomic E-state index is 13.7. The molecule has 3 aromatic rings. The van der Waals surface area contributed by atoms with Crippen LogP contribution in [0.5, 0.6) is 11.5 Å². The van der Waals surface area contributed by atoms with Crippen molar-refractivity contribution in [2.45, 2.75) is 18.4 Å². The number of halogens is 1. The van der Waals surface area contributed by atoms with Gasteiger partial charge in [-0.3, -0.25) is 0 Å². The third-order valence-corrected chi connectivity index (χ3v) is 7.06. The van der Waals surface area contributed by atoms with Crippen molar-refractivity contribution < 1.29 is 22.3 Å². The van der Waals surface area contributed by atoms with Crippen LogP contribution >= 0.6 is 11.3 Å². The number of ether oxygens (including phenoxy) is 2. The lowest BCUT2D eigenvalue weighted by Crippen LogP contribution is -2.30. The molecule has 0 radical (unpaired) electrons. The lowest BCUT2D eigenvalue weighted by Gasteiger charge is -2.23. The fraction of sp³-hybridized carbons (Fsp3) is 0.200. The molecule has 0 atom stereocenters. The van der Waals surface area contributed by atoms with Gasteiger partial charge >= 0.3 is 0 Å². The number of methoxy groups -OCH3 is 2. The minimum Gasteiger partial charge on any atom is -0.497 e. The molecule has 0 N–H and O–H groups in total. The van der Waals surface area contributed by atoms with Gasteiger partial charge in [0.05, 0.1) is 31.2 Å². The molecule has 0 aliphatic heterocycles. The Bertz CT molecular complexity index is 1220. The molecule has 156 valence electrons. The van der Waals surface area contributed by atoms with E-state index in [9.17, 15) is 12.8 Å². The van der Waals surface area contributed by atoms with Crippen molar-refractivity contribution in [3.8, 4) is 17.6 Å². The average Bonchev–Trinajstić information content (AvgIpc) is 3.17. The molecule has 0 saturated heterocycles. The molecule has 0 aliphatic rings. The molecule has 0 aliphatic carbocycles. The van der Waals surface area contributed by atoms with Gasteiger partial charge in [-0.1, -0.05) is 0 Å². The van der Waals surface area contributed by atoms with Crippen LogP contribution < -0.4 is 13.8 Å². The van der Waals surface area contributed by atoms with E-state index in [4.69, 9.17) is 14.7 Å². The number of nitrogens with zero attached hydrogens (tertiary/aromatic N) is 3. The highest BCUT2D eigenvalue weighted by Gasteiger charge is 2.29. The first kappa shape index (κ1) is 21.5. The van der Waals surface area contributed by atoms with Crippen molar-refractivity contribution in [1.82, 2.24) is 4.98 Å². The van der Waals surface area contributed by atoms with Gasteiger partial charge in [-0.15, -0.1) is 11.3 Å². The lowest BCUT2D eigenvalue weighted by molar-refractivity contribution is 0.391. The van der Waals surface area contributed by atoms with Crippen molar-refractivity contribution in [3.05, 3.63) is 64.4 Å². The number of hydrogen-bond donors (Lipinski definition) is 0. The van der Waals surface area contributed by atoms with E-state index in [2.05, 4.69) is 4.98 Å². The number of aromatic nitrogens is 1. The monoisotopic (exact) mass is 447 g/mol. The summed E-state index contributed by atoms with van der Waals surface area (Å²) < 4.78 is 52.3. The summed E-state index contributed by atoms with van der Waals surface area (Å²) in [6.07, 6.45) is 1.57. The van der Waals surface area contributed by atoms with Crippen LogP contribution in [0.25, 0.3) is 0 Å². The number of aryl methyl sites for hydroxylation is 1. The zero-order valence-corrected chi connectivity index (χ0v) is 18.1. The maximum absolute atomic E-state index is 13.7. The SMILES string of the molecule is COc1ccc(CN(c2ncc(C)s2)S(=O)(=O)c2ccc(F)c(C#N)c2)c(OC)c1. The lowest BCUT2D eigenvalue weighted by atomic mass is 10.2. The summed E-state index contributed by atoms with van der Waals surface area (Å²) in [7, 11) is -1.16. The number of rotatable bonds is 7. The summed E-state index contributed by atoms with van der Waals surface area (Å²) in [5.74, 6) is 0.219. The Morgan fingerprint density at radius 2 is 1.97 bits per heavy atom. The summed E-state index contributed by atoms with van der Waals surface area (Å²) >= 11 is 1.20. The number of hydrogen-bond acceptors (Lipinski definition) is 7. The summed E-state index contributed by atoms with van der Waals surface area (Å²) in [6, 6.07) is 9.82. The van der Waals surface area contributed by atoms with Gasteiger partial charge in [-0.25, -0.2) is 22.1 Å². The molecule has 1 heterocycles. The highest BCUT2D eigenvalue weighted by molar-refractivity contribution is 7.93. The van der Waals surface area contributed by atoms with Gasteiger partial charge in [0, 0.05) is 22.7 Å². The van der Waals surface area contributed by atoms with Crippen LogP contribution in [0.1, 0.15) is 16.0 Å². The molecule has 0 saturated carbocycles. The predicted octanol–water partition coefficient (Wildman–Crippen LogP) is 3.88. The van der Waals surface area contributed by atoms with E-state index in [0.717, 1.165) is 27.4 Å². The quantitative estimate of drug-likeness (QED) is 0.546. The molecule has 0 bridgehead atoms. The first-order chi connectivity index (χ1) is 14.3. The molecule has 0 amide bonds. The fourth-order valence-corrected chi connectivity index (χ4v) is 5.12. The molecule has 30 heavy (non-hydrogen) atoms. The Kier molecular flexibility index (Phi) is 6.24. The van der Waals surface area contributed by atoms with Gasteiger partial charge in [0.2, 0.25) is 0 Å². The number of sulfonamides is 1. The van der Waals surface area contributed by atoms with Crippen LogP contribution in [-0.4, -0.2) is 27.6 Å². The second kappa shape index (κ2) is 8.69. The molecule has 0 unspecified atom stereocenters. The number of nitriles is 1. The highest BCUT2D eigenvalue weighted by Crippen LogP contribution is 2.33. The minimum absolute atomic E-state index is 0.0816. The van der Waals surface area contributed by atoms with Crippen LogP contribution in [0, 0.1) is 24.1 Å². The summed E-state index contributed by atoms with van der Waals surface area (Å²) in [4.78, 5) is 4.83. The van der Waals surface area contributed by atoms with E-state index in [1.807, 2.05) is 6.92 Å². The Morgan fingerprint density at radius 1 is 1.20 bits per heavy atom.